The third-order valence-electron chi connectivity index (χ3n) is 2.60. The Balaban J connectivity index is 1.89. The molecule has 0 saturated heterocycles. The van der Waals surface area contributed by atoms with Crippen molar-refractivity contribution in [3.8, 4) is 0 Å². The summed E-state index contributed by atoms with van der Waals surface area (Å²) in [7, 11) is 0. The van der Waals surface area contributed by atoms with Crippen molar-refractivity contribution in [2.45, 2.75) is 19.8 Å². The molecular formula is C13H16ClN3OS. The Morgan fingerprint density at radius 2 is 2.32 bits per heavy atom. The van der Waals surface area contributed by atoms with Crippen LogP contribution in [0.2, 0.25) is 5.02 Å². The van der Waals surface area contributed by atoms with Crippen LogP contribution in [-0.4, -0.2) is 24.0 Å². The van der Waals surface area contributed by atoms with Gasteiger partial charge in [0.25, 0.3) is 0 Å². The highest BCUT2D eigenvalue weighted by Gasteiger charge is 2.06. The number of rotatable bonds is 6. The van der Waals surface area contributed by atoms with Gasteiger partial charge in [-0.2, -0.15) is 0 Å². The van der Waals surface area contributed by atoms with Gasteiger partial charge in [0.15, 0.2) is 5.13 Å². The van der Waals surface area contributed by atoms with Gasteiger partial charge in [-0.3, -0.25) is 4.79 Å². The van der Waals surface area contributed by atoms with E-state index in [1.54, 1.807) is 0 Å². The molecule has 0 aliphatic heterocycles. The lowest BCUT2D eigenvalue weighted by molar-refractivity contribution is -0.119. The van der Waals surface area contributed by atoms with Crippen LogP contribution in [0.25, 0.3) is 10.2 Å². The van der Waals surface area contributed by atoms with E-state index in [0.717, 1.165) is 34.7 Å². The van der Waals surface area contributed by atoms with Crippen LogP contribution in [0.4, 0.5) is 5.13 Å². The molecule has 2 N–H and O–H groups in total. The second-order valence-corrected chi connectivity index (χ2v) is 5.66. The monoisotopic (exact) mass is 297 g/mol. The summed E-state index contributed by atoms with van der Waals surface area (Å²) in [6.07, 6.45) is 2.08. The number of nitrogens with zero attached hydrogens (tertiary/aromatic N) is 1. The fraction of sp³-hybridized carbons (Fsp3) is 0.385. The van der Waals surface area contributed by atoms with E-state index < -0.39 is 0 Å². The summed E-state index contributed by atoms with van der Waals surface area (Å²) < 4.78 is 1.02. The molecule has 4 nitrogen and oxygen atoms in total. The smallest absolute Gasteiger partial charge is 0.239 e. The van der Waals surface area contributed by atoms with Crippen LogP contribution in [0.15, 0.2) is 18.2 Å². The van der Waals surface area contributed by atoms with Gasteiger partial charge in [0.2, 0.25) is 5.91 Å². The number of carbonyl (C=O) groups is 1. The first kappa shape index (κ1) is 14.1. The Morgan fingerprint density at radius 3 is 3.11 bits per heavy atom. The fourth-order valence-electron chi connectivity index (χ4n) is 1.60. The van der Waals surface area contributed by atoms with Gasteiger partial charge in [-0.05, 0) is 24.6 Å². The zero-order chi connectivity index (χ0) is 13.7. The van der Waals surface area contributed by atoms with E-state index in [-0.39, 0.29) is 12.5 Å². The van der Waals surface area contributed by atoms with Gasteiger partial charge in [0.1, 0.15) is 0 Å². The van der Waals surface area contributed by atoms with Gasteiger partial charge < -0.3 is 10.6 Å². The lowest BCUT2D eigenvalue weighted by atomic mass is 10.3. The summed E-state index contributed by atoms with van der Waals surface area (Å²) in [5, 5.41) is 7.32. The van der Waals surface area contributed by atoms with Gasteiger partial charge in [-0.1, -0.05) is 36.3 Å². The third-order valence-corrected chi connectivity index (χ3v) is 3.81. The molecule has 2 aromatic rings. The Kier molecular flexibility index (Phi) is 4.99. The van der Waals surface area contributed by atoms with Crippen LogP contribution in [-0.2, 0) is 4.79 Å². The third kappa shape index (κ3) is 4.08. The van der Waals surface area contributed by atoms with Crippen molar-refractivity contribution in [3.05, 3.63) is 23.2 Å². The number of carbonyl (C=O) groups excluding carboxylic acids is 1. The summed E-state index contributed by atoms with van der Waals surface area (Å²) in [4.78, 5) is 15.9. The molecule has 0 saturated carbocycles. The second-order valence-electron chi connectivity index (χ2n) is 4.19. The van der Waals surface area contributed by atoms with Crippen molar-refractivity contribution in [3.63, 3.8) is 0 Å². The van der Waals surface area contributed by atoms with Crippen molar-refractivity contribution >= 4 is 44.2 Å². The van der Waals surface area contributed by atoms with Crippen molar-refractivity contribution in [2.24, 2.45) is 0 Å². The van der Waals surface area contributed by atoms with Crippen LogP contribution in [0.1, 0.15) is 19.8 Å². The zero-order valence-corrected chi connectivity index (χ0v) is 12.3. The van der Waals surface area contributed by atoms with Crippen molar-refractivity contribution in [2.75, 3.05) is 18.4 Å². The van der Waals surface area contributed by atoms with E-state index in [4.69, 9.17) is 11.6 Å². The molecule has 1 aromatic heterocycles. The summed E-state index contributed by atoms with van der Waals surface area (Å²) in [6.45, 7) is 3.07. The number of benzene rings is 1. The van der Waals surface area contributed by atoms with E-state index in [1.807, 2.05) is 18.2 Å². The quantitative estimate of drug-likeness (QED) is 0.805. The SMILES string of the molecule is CCCCNC(=O)CNc1nc2ccc(Cl)cc2s1. The molecule has 0 fully saturated rings. The highest BCUT2D eigenvalue weighted by Crippen LogP contribution is 2.27. The minimum atomic E-state index is -0.00858. The van der Waals surface area contributed by atoms with Gasteiger partial charge in [0, 0.05) is 11.6 Å². The number of aromatic nitrogens is 1. The van der Waals surface area contributed by atoms with Crippen molar-refractivity contribution in [1.82, 2.24) is 10.3 Å². The summed E-state index contributed by atoms with van der Waals surface area (Å²) in [5.74, 6) is -0.00858. The molecule has 6 heteroatoms. The van der Waals surface area contributed by atoms with Gasteiger partial charge in [-0.25, -0.2) is 4.98 Å². The van der Waals surface area contributed by atoms with E-state index in [0.29, 0.717) is 5.02 Å². The predicted molar refractivity (Wildman–Crippen MR) is 81.0 cm³/mol. The first-order valence-electron chi connectivity index (χ1n) is 6.25. The van der Waals surface area contributed by atoms with Gasteiger partial charge in [0.05, 0.1) is 16.8 Å². The minimum Gasteiger partial charge on any atom is -0.355 e. The van der Waals surface area contributed by atoms with Gasteiger partial charge in [-0.15, -0.1) is 0 Å². The molecule has 0 atom stereocenters. The van der Waals surface area contributed by atoms with Crippen LogP contribution < -0.4 is 10.6 Å². The van der Waals surface area contributed by atoms with E-state index in [1.165, 1.54) is 11.3 Å². The summed E-state index contributed by atoms with van der Waals surface area (Å²) >= 11 is 7.42. The molecule has 0 radical (unpaired) electrons. The lowest BCUT2D eigenvalue weighted by Gasteiger charge is -2.04. The summed E-state index contributed by atoms with van der Waals surface area (Å²) in [5.41, 5.74) is 0.892. The van der Waals surface area contributed by atoms with Crippen LogP contribution in [0.3, 0.4) is 0 Å². The molecule has 0 unspecified atom stereocenters. The molecule has 102 valence electrons. The normalized spacial score (nSPS) is 10.6. The van der Waals surface area contributed by atoms with Crippen molar-refractivity contribution < 1.29 is 4.79 Å². The van der Waals surface area contributed by atoms with E-state index in [2.05, 4.69) is 22.5 Å². The number of unbranched alkanes of at least 4 members (excludes halogenated alkanes) is 1. The first-order chi connectivity index (χ1) is 9.19. The molecular weight excluding hydrogens is 282 g/mol. The maximum Gasteiger partial charge on any atom is 0.239 e. The molecule has 2 rings (SSSR count). The Morgan fingerprint density at radius 1 is 1.47 bits per heavy atom. The largest absolute Gasteiger partial charge is 0.355 e. The average Bonchev–Trinajstić information content (AvgIpc) is 2.78. The van der Waals surface area contributed by atoms with Crippen LogP contribution >= 0.6 is 22.9 Å². The number of amides is 1. The van der Waals surface area contributed by atoms with Crippen LogP contribution in [0.5, 0.6) is 0 Å². The molecule has 0 aliphatic carbocycles. The zero-order valence-electron chi connectivity index (χ0n) is 10.7. The maximum absolute atomic E-state index is 11.5. The standard InChI is InChI=1S/C13H16ClN3OS/c1-2-3-6-15-12(18)8-16-13-17-10-5-4-9(14)7-11(10)19-13/h4-5,7H,2-3,6,8H2,1H3,(H,15,18)(H,16,17). The number of anilines is 1. The number of halogens is 1. The molecule has 0 bridgehead atoms. The molecule has 0 aliphatic rings. The summed E-state index contributed by atoms with van der Waals surface area (Å²) in [6, 6.07) is 5.56. The van der Waals surface area contributed by atoms with E-state index in [9.17, 15) is 4.79 Å². The number of thiazole rings is 1. The first-order valence-corrected chi connectivity index (χ1v) is 7.45. The Bertz CT molecular complexity index is 570. The molecule has 0 spiro atoms. The minimum absolute atomic E-state index is 0.00858. The van der Waals surface area contributed by atoms with Crippen molar-refractivity contribution in [1.29, 1.82) is 0 Å². The molecule has 19 heavy (non-hydrogen) atoms. The number of nitrogens with one attached hydrogen (secondary N) is 2. The topological polar surface area (TPSA) is 54.0 Å². The Hall–Kier alpha value is -1.33. The highest BCUT2D eigenvalue weighted by atomic mass is 35.5. The maximum atomic E-state index is 11.5. The number of fused-ring (bicyclic) bond motifs is 1. The average molecular weight is 298 g/mol. The predicted octanol–water partition coefficient (Wildman–Crippen LogP) is 3.28. The molecule has 1 aromatic carbocycles. The molecule has 1 heterocycles. The molecule has 1 amide bonds. The number of hydrogen-bond donors (Lipinski definition) is 2. The van der Waals surface area contributed by atoms with Crippen LogP contribution in [0, 0.1) is 0 Å². The van der Waals surface area contributed by atoms with Gasteiger partial charge >= 0.3 is 0 Å². The lowest BCUT2D eigenvalue weighted by Crippen LogP contribution is -2.30. The second kappa shape index (κ2) is 6.73. The highest BCUT2D eigenvalue weighted by molar-refractivity contribution is 7.22. The fourth-order valence-corrected chi connectivity index (χ4v) is 2.73. The Labute approximate surface area is 121 Å². The number of hydrogen-bond acceptors (Lipinski definition) is 4. The van der Waals surface area contributed by atoms with E-state index >= 15 is 0 Å².